The van der Waals surface area contributed by atoms with E-state index in [1.807, 2.05) is 0 Å². The summed E-state index contributed by atoms with van der Waals surface area (Å²) in [4.78, 5) is 31.1. The van der Waals surface area contributed by atoms with Crippen LogP contribution in [-0.2, 0) is 4.79 Å². The molecule has 0 aliphatic carbocycles. The van der Waals surface area contributed by atoms with Crippen LogP contribution in [-0.4, -0.2) is 33.4 Å². The van der Waals surface area contributed by atoms with E-state index < -0.39 is 35.5 Å². The molecule has 1 unspecified atom stereocenters. The molecule has 2 aromatic carbocycles. The van der Waals surface area contributed by atoms with Crippen molar-refractivity contribution >= 4 is 11.8 Å². The molecule has 2 heterocycles. The molecule has 0 bridgehead atoms. The van der Waals surface area contributed by atoms with Crippen molar-refractivity contribution in [3.05, 3.63) is 89.2 Å². The average molecular weight is 425 g/mol. The monoisotopic (exact) mass is 425 g/mol. The molecule has 1 aliphatic rings. The van der Waals surface area contributed by atoms with Crippen LogP contribution in [0.3, 0.4) is 0 Å². The van der Waals surface area contributed by atoms with Crippen molar-refractivity contribution in [3.8, 4) is 11.5 Å². The lowest BCUT2D eigenvalue weighted by Gasteiger charge is -2.34. The summed E-state index contributed by atoms with van der Waals surface area (Å²) in [5, 5.41) is 10.2. The molecule has 0 radical (unpaired) electrons. The molecule has 7 nitrogen and oxygen atoms in total. The molecule has 9 heteroatoms. The van der Waals surface area contributed by atoms with E-state index in [4.69, 9.17) is 10.5 Å². The van der Waals surface area contributed by atoms with Crippen molar-refractivity contribution in [1.29, 1.82) is 0 Å². The predicted octanol–water partition coefficient (Wildman–Crippen LogP) is 2.87. The Hall–Kier alpha value is -4.01. The van der Waals surface area contributed by atoms with Gasteiger partial charge in [-0.3, -0.25) is 14.6 Å². The quantitative estimate of drug-likeness (QED) is 0.654. The maximum atomic E-state index is 14.2. The van der Waals surface area contributed by atoms with Gasteiger partial charge in [-0.1, -0.05) is 18.2 Å². The number of primary amides is 1. The molecule has 1 aliphatic heterocycles. The number of pyridine rings is 1. The Morgan fingerprint density at radius 2 is 1.97 bits per heavy atom. The zero-order valence-corrected chi connectivity index (χ0v) is 16.0. The fraction of sp³-hybridized carbons (Fsp3) is 0.136. The summed E-state index contributed by atoms with van der Waals surface area (Å²) in [6.45, 7) is -0.237. The maximum absolute atomic E-state index is 14.2. The Morgan fingerprint density at radius 3 is 2.65 bits per heavy atom. The Balaban J connectivity index is 1.90. The van der Waals surface area contributed by atoms with Gasteiger partial charge >= 0.3 is 0 Å². The van der Waals surface area contributed by atoms with Crippen molar-refractivity contribution < 1.29 is 28.2 Å². The summed E-state index contributed by atoms with van der Waals surface area (Å²) in [6.07, 6.45) is 2.85. The van der Waals surface area contributed by atoms with Gasteiger partial charge in [0.1, 0.15) is 24.2 Å². The number of carbonyl (C=O) groups excluding carboxylic acids is 2. The number of phenolic OH excluding ortho intramolecular Hbond substituents is 1. The lowest BCUT2D eigenvalue weighted by atomic mass is 9.98. The van der Waals surface area contributed by atoms with Crippen molar-refractivity contribution in [2.75, 3.05) is 6.61 Å². The number of ether oxygens (including phenoxy) is 1. The second kappa shape index (κ2) is 8.02. The van der Waals surface area contributed by atoms with Crippen LogP contribution >= 0.6 is 0 Å². The highest BCUT2D eigenvalue weighted by Gasteiger charge is 2.42. The number of carbonyl (C=O) groups is 2. The number of hydrogen-bond donors (Lipinski definition) is 2. The molecular formula is C22H17F2N3O4. The highest BCUT2D eigenvalue weighted by molar-refractivity contribution is 6.00. The highest BCUT2D eigenvalue weighted by Crippen LogP contribution is 2.43. The van der Waals surface area contributed by atoms with Crippen molar-refractivity contribution in [1.82, 2.24) is 9.88 Å². The van der Waals surface area contributed by atoms with Gasteiger partial charge in [-0.2, -0.15) is 0 Å². The number of phenols is 1. The number of aromatic nitrogens is 1. The number of hydrogen-bond acceptors (Lipinski definition) is 5. The smallest absolute Gasteiger partial charge is 0.259 e. The standard InChI is InChI=1S/C22H17F2N3O4/c23-13-8-15-17(11-31-20(15)16(24)9-13)27(22(30)14-5-1-2-6-18(14)28)19(21(25)29)12-4-3-7-26-10-12/h1-10,17,19,28H,11H2,(H2,25,29)/t17-,19?/m1/s1. The molecule has 158 valence electrons. The van der Waals surface area contributed by atoms with E-state index in [-0.39, 0.29) is 29.2 Å². The molecule has 0 saturated carbocycles. The van der Waals surface area contributed by atoms with Crippen LogP contribution < -0.4 is 10.5 Å². The predicted molar refractivity (Wildman–Crippen MR) is 105 cm³/mol. The van der Waals surface area contributed by atoms with Crippen molar-refractivity contribution in [3.63, 3.8) is 0 Å². The largest absolute Gasteiger partial charge is 0.507 e. The van der Waals surface area contributed by atoms with E-state index in [0.29, 0.717) is 11.6 Å². The Bertz CT molecular complexity index is 1160. The van der Waals surface area contributed by atoms with Crippen LogP contribution in [0.2, 0.25) is 0 Å². The minimum atomic E-state index is -1.34. The van der Waals surface area contributed by atoms with Crippen molar-refractivity contribution in [2.24, 2.45) is 5.73 Å². The van der Waals surface area contributed by atoms with Crippen LogP contribution in [0.15, 0.2) is 60.9 Å². The topological polar surface area (TPSA) is 106 Å². The third-order valence-corrected chi connectivity index (χ3v) is 5.03. The van der Waals surface area contributed by atoms with Crippen LogP contribution in [0.25, 0.3) is 0 Å². The first-order valence-corrected chi connectivity index (χ1v) is 9.30. The first kappa shape index (κ1) is 20.3. The lowest BCUT2D eigenvalue weighted by Crippen LogP contribution is -2.44. The van der Waals surface area contributed by atoms with Crippen LogP contribution in [0.1, 0.15) is 33.6 Å². The minimum absolute atomic E-state index is 0.0522. The van der Waals surface area contributed by atoms with E-state index in [9.17, 15) is 23.5 Å². The number of para-hydroxylation sites is 1. The Kier molecular flexibility index (Phi) is 5.24. The molecular weight excluding hydrogens is 408 g/mol. The van der Waals surface area contributed by atoms with E-state index in [0.717, 1.165) is 11.0 Å². The van der Waals surface area contributed by atoms with Crippen LogP contribution in [0.4, 0.5) is 8.78 Å². The number of aromatic hydroxyl groups is 1. The van der Waals surface area contributed by atoms with Crippen LogP contribution in [0, 0.1) is 11.6 Å². The summed E-state index contributed by atoms with van der Waals surface area (Å²) < 4.78 is 33.6. The Morgan fingerprint density at radius 1 is 1.19 bits per heavy atom. The molecule has 0 fully saturated rings. The number of rotatable bonds is 5. The molecule has 1 aromatic heterocycles. The average Bonchev–Trinajstić information content (AvgIpc) is 3.16. The number of nitrogens with zero attached hydrogens (tertiary/aromatic N) is 2. The number of halogens is 2. The minimum Gasteiger partial charge on any atom is -0.507 e. The van der Waals surface area contributed by atoms with E-state index in [1.165, 1.54) is 36.7 Å². The summed E-state index contributed by atoms with van der Waals surface area (Å²) in [7, 11) is 0. The van der Waals surface area contributed by atoms with E-state index in [1.54, 1.807) is 12.1 Å². The molecule has 0 saturated heterocycles. The maximum Gasteiger partial charge on any atom is 0.259 e. The molecule has 3 aromatic rings. The molecule has 2 amide bonds. The zero-order valence-electron chi connectivity index (χ0n) is 16.0. The van der Waals surface area contributed by atoms with Gasteiger partial charge in [-0.05, 0) is 24.3 Å². The van der Waals surface area contributed by atoms with Gasteiger partial charge in [0.2, 0.25) is 5.91 Å². The summed E-state index contributed by atoms with van der Waals surface area (Å²) >= 11 is 0. The van der Waals surface area contributed by atoms with Gasteiger partial charge in [0, 0.05) is 29.6 Å². The number of benzene rings is 2. The van der Waals surface area contributed by atoms with Gasteiger partial charge in [0.25, 0.3) is 5.91 Å². The summed E-state index contributed by atoms with van der Waals surface area (Å²) in [5.74, 6) is -3.98. The number of nitrogens with two attached hydrogens (primary N) is 1. The third-order valence-electron chi connectivity index (χ3n) is 5.03. The highest BCUT2D eigenvalue weighted by atomic mass is 19.1. The Labute approximate surface area is 175 Å². The molecule has 4 rings (SSSR count). The third kappa shape index (κ3) is 3.65. The molecule has 2 atom stereocenters. The molecule has 0 spiro atoms. The second-order valence-electron chi connectivity index (χ2n) is 6.95. The number of fused-ring (bicyclic) bond motifs is 1. The van der Waals surface area contributed by atoms with E-state index >= 15 is 0 Å². The fourth-order valence-corrected chi connectivity index (χ4v) is 3.69. The van der Waals surface area contributed by atoms with E-state index in [2.05, 4.69) is 4.98 Å². The number of amides is 2. The summed E-state index contributed by atoms with van der Waals surface area (Å²) in [5.41, 5.74) is 5.90. The van der Waals surface area contributed by atoms with Gasteiger partial charge in [0.05, 0.1) is 11.6 Å². The fourth-order valence-electron chi connectivity index (χ4n) is 3.69. The first-order chi connectivity index (χ1) is 14.9. The normalized spacial score (nSPS) is 15.6. The lowest BCUT2D eigenvalue weighted by molar-refractivity contribution is -0.123. The van der Waals surface area contributed by atoms with Crippen LogP contribution in [0.5, 0.6) is 11.5 Å². The molecule has 31 heavy (non-hydrogen) atoms. The molecule has 3 N–H and O–H groups in total. The SMILES string of the molecule is NC(=O)C(c1cccnc1)N(C(=O)c1ccccc1O)[C@@H]1COc2c(F)cc(F)cc21. The van der Waals surface area contributed by atoms with Gasteiger partial charge < -0.3 is 20.5 Å². The van der Waals surface area contributed by atoms with Gasteiger partial charge in [-0.15, -0.1) is 0 Å². The first-order valence-electron chi connectivity index (χ1n) is 9.30. The van der Waals surface area contributed by atoms with Gasteiger partial charge in [-0.25, -0.2) is 8.78 Å². The van der Waals surface area contributed by atoms with Gasteiger partial charge in [0.15, 0.2) is 11.6 Å². The zero-order chi connectivity index (χ0) is 22.1. The summed E-state index contributed by atoms with van der Waals surface area (Å²) in [6, 6.07) is 8.18. The second-order valence-corrected chi connectivity index (χ2v) is 6.95. The van der Waals surface area contributed by atoms with Crippen molar-refractivity contribution in [2.45, 2.75) is 12.1 Å².